The van der Waals surface area contributed by atoms with Crippen molar-refractivity contribution < 1.29 is 29.4 Å². The lowest BCUT2D eigenvalue weighted by molar-refractivity contribution is -0.143. The summed E-state index contributed by atoms with van der Waals surface area (Å²) in [6, 6.07) is -4.20. The zero-order chi connectivity index (χ0) is 21.3. The van der Waals surface area contributed by atoms with Gasteiger partial charge in [-0.15, -0.1) is 0 Å². The van der Waals surface area contributed by atoms with Crippen LogP contribution in [0.4, 0.5) is 0 Å². The SMILES string of the molecule is CCC(C)C(NC(=O)C(NC(=O)C(C)N)C(C)C)C(=O)NC(CO)C(=O)O. The zero-order valence-corrected chi connectivity index (χ0v) is 16.5. The first-order valence-electron chi connectivity index (χ1n) is 8.96. The van der Waals surface area contributed by atoms with E-state index >= 15 is 0 Å². The van der Waals surface area contributed by atoms with Gasteiger partial charge in [-0.3, -0.25) is 14.4 Å². The predicted octanol–water partition coefficient (Wildman–Crippen LogP) is -1.43. The van der Waals surface area contributed by atoms with E-state index in [2.05, 4.69) is 16.0 Å². The Morgan fingerprint density at radius 1 is 0.889 bits per heavy atom. The van der Waals surface area contributed by atoms with E-state index < -0.39 is 54.5 Å². The minimum absolute atomic E-state index is 0.266. The molecule has 0 aliphatic rings. The van der Waals surface area contributed by atoms with Crippen LogP contribution < -0.4 is 21.7 Å². The van der Waals surface area contributed by atoms with Crippen LogP contribution in [-0.4, -0.2) is 64.7 Å². The van der Waals surface area contributed by atoms with Gasteiger partial charge >= 0.3 is 5.97 Å². The smallest absolute Gasteiger partial charge is 0.328 e. The highest BCUT2D eigenvalue weighted by Gasteiger charge is 2.33. The molecule has 3 amide bonds. The van der Waals surface area contributed by atoms with Crippen LogP contribution in [0.2, 0.25) is 0 Å². The van der Waals surface area contributed by atoms with E-state index in [-0.39, 0.29) is 11.8 Å². The van der Waals surface area contributed by atoms with E-state index in [4.69, 9.17) is 15.9 Å². The van der Waals surface area contributed by atoms with Crippen molar-refractivity contribution in [3.63, 3.8) is 0 Å². The third kappa shape index (κ3) is 7.92. The Morgan fingerprint density at radius 3 is 1.74 bits per heavy atom. The van der Waals surface area contributed by atoms with Crippen LogP contribution in [0.3, 0.4) is 0 Å². The Balaban J connectivity index is 5.35. The highest BCUT2D eigenvalue weighted by atomic mass is 16.4. The van der Waals surface area contributed by atoms with Crippen molar-refractivity contribution in [1.82, 2.24) is 16.0 Å². The molecule has 0 radical (unpaired) electrons. The molecule has 156 valence electrons. The minimum Gasteiger partial charge on any atom is -0.480 e. The Hall–Kier alpha value is -2.20. The zero-order valence-electron chi connectivity index (χ0n) is 16.5. The molecule has 0 rings (SSSR count). The summed E-state index contributed by atoms with van der Waals surface area (Å²) in [5.74, 6) is -3.75. The number of hydrogen-bond donors (Lipinski definition) is 6. The molecule has 0 spiro atoms. The highest BCUT2D eigenvalue weighted by Crippen LogP contribution is 2.10. The summed E-state index contributed by atoms with van der Waals surface area (Å²) in [6.45, 7) is 7.72. The maximum absolute atomic E-state index is 12.7. The molecule has 0 fully saturated rings. The molecule has 5 unspecified atom stereocenters. The molecule has 0 saturated heterocycles. The van der Waals surface area contributed by atoms with E-state index in [1.165, 1.54) is 6.92 Å². The van der Waals surface area contributed by atoms with Crippen LogP contribution in [-0.2, 0) is 19.2 Å². The maximum Gasteiger partial charge on any atom is 0.328 e. The summed E-state index contributed by atoms with van der Waals surface area (Å²) in [5.41, 5.74) is 5.52. The van der Waals surface area contributed by atoms with E-state index in [0.717, 1.165) is 0 Å². The number of aliphatic hydroxyl groups is 1. The standard InChI is InChI=1S/C17H32N4O6/c1-6-9(4)13(16(25)19-11(7-22)17(26)27)21-15(24)12(8(2)3)20-14(23)10(5)18/h8-13,22H,6-7,18H2,1-5H3,(H,19,25)(H,20,23)(H,21,24)(H,26,27). The average molecular weight is 388 g/mol. The Bertz CT molecular complexity index is 538. The lowest BCUT2D eigenvalue weighted by atomic mass is 9.96. The minimum atomic E-state index is -1.47. The second-order valence-electron chi connectivity index (χ2n) is 6.97. The van der Waals surface area contributed by atoms with Gasteiger partial charge in [0.15, 0.2) is 0 Å². The van der Waals surface area contributed by atoms with Crippen molar-refractivity contribution in [3.05, 3.63) is 0 Å². The van der Waals surface area contributed by atoms with Crippen molar-refractivity contribution in [2.24, 2.45) is 17.6 Å². The monoisotopic (exact) mass is 388 g/mol. The molecule has 0 heterocycles. The normalized spacial score (nSPS) is 16.6. The van der Waals surface area contributed by atoms with Gasteiger partial charge in [-0.1, -0.05) is 34.1 Å². The molecular formula is C17H32N4O6. The topological polar surface area (TPSA) is 171 Å². The molecule has 0 aromatic rings. The van der Waals surface area contributed by atoms with Crippen LogP contribution in [0.1, 0.15) is 41.0 Å². The number of rotatable bonds is 11. The summed E-state index contributed by atoms with van der Waals surface area (Å²) < 4.78 is 0. The molecule has 10 heteroatoms. The Kier molecular flexibility index (Phi) is 10.6. The van der Waals surface area contributed by atoms with Crippen LogP contribution in [0, 0.1) is 11.8 Å². The lowest BCUT2D eigenvalue weighted by Gasteiger charge is -2.29. The highest BCUT2D eigenvalue weighted by molar-refractivity contribution is 5.94. The summed E-state index contributed by atoms with van der Waals surface area (Å²) in [5, 5.41) is 25.4. The molecule has 5 atom stereocenters. The Morgan fingerprint density at radius 2 is 1.37 bits per heavy atom. The summed E-state index contributed by atoms with van der Waals surface area (Å²) in [4.78, 5) is 48.0. The first kappa shape index (κ1) is 24.8. The third-order valence-corrected chi connectivity index (χ3v) is 4.25. The molecule has 27 heavy (non-hydrogen) atoms. The van der Waals surface area contributed by atoms with E-state index in [0.29, 0.717) is 6.42 Å². The van der Waals surface area contributed by atoms with Crippen molar-refractivity contribution >= 4 is 23.7 Å². The second kappa shape index (κ2) is 11.5. The van der Waals surface area contributed by atoms with Crippen LogP contribution in [0.5, 0.6) is 0 Å². The first-order valence-corrected chi connectivity index (χ1v) is 8.96. The fraction of sp³-hybridized carbons (Fsp3) is 0.765. The molecule has 0 aliphatic heterocycles. The molecule has 0 aliphatic carbocycles. The predicted molar refractivity (Wildman–Crippen MR) is 98.5 cm³/mol. The van der Waals surface area contributed by atoms with Gasteiger partial charge in [0.05, 0.1) is 12.6 Å². The number of nitrogens with two attached hydrogens (primary N) is 1. The maximum atomic E-state index is 12.7. The van der Waals surface area contributed by atoms with Gasteiger partial charge in [-0.2, -0.15) is 0 Å². The Labute approximate surface area is 159 Å². The molecule has 0 aromatic carbocycles. The molecule has 10 nitrogen and oxygen atoms in total. The number of aliphatic hydroxyl groups excluding tert-OH is 1. The van der Waals surface area contributed by atoms with Crippen molar-refractivity contribution in [2.75, 3.05) is 6.61 Å². The third-order valence-electron chi connectivity index (χ3n) is 4.25. The molecule has 7 N–H and O–H groups in total. The van der Waals surface area contributed by atoms with Gasteiger partial charge in [0.1, 0.15) is 18.1 Å². The van der Waals surface area contributed by atoms with Crippen molar-refractivity contribution in [1.29, 1.82) is 0 Å². The number of amides is 3. The van der Waals surface area contributed by atoms with Crippen LogP contribution >= 0.6 is 0 Å². The lowest BCUT2D eigenvalue weighted by Crippen LogP contribution is -2.59. The van der Waals surface area contributed by atoms with Crippen molar-refractivity contribution in [2.45, 2.75) is 65.2 Å². The molecule has 0 aromatic heterocycles. The van der Waals surface area contributed by atoms with Gasteiger partial charge < -0.3 is 31.9 Å². The van der Waals surface area contributed by atoms with Gasteiger partial charge in [0, 0.05) is 0 Å². The van der Waals surface area contributed by atoms with Crippen LogP contribution in [0.15, 0.2) is 0 Å². The average Bonchev–Trinajstić information content (AvgIpc) is 2.59. The van der Waals surface area contributed by atoms with E-state index in [1.807, 2.05) is 6.92 Å². The summed E-state index contributed by atoms with van der Waals surface area (Å²) in [6.07, 6.45) is 0.535. The fourth-order valence-corrected chi connectivity index (χ4v) is 2.21. The quantitative estimate of drug-likeness (QED) is 0.252. The molecule has 0 saturated carbocycles. The fourth-order valence-electron chi connectivity index (χ4n) is 2.21. The first-order chi connectivity index (χ1) is 12.5. The number of carboxylic acid groups (broad SMARTS) is 1. The number of carbonyl (C=O) groups is 4. The van der Waals surface area contributed by atoms with E-state index in [9.17, 15) is 19.2 Å². The molecule has 0 bridgehead atoms. The van der Waals surface area contributed by atoms with Gasteiger partial charge in [0.25, 0.3) is 0 Å². The van der Waals surface area contributed by atoms with Gasteiger partial charge in [-0.25, -0.2) is 4.79 Å². The van der Waals surface area contributed by atoms with Gasteiger partial charge in [-0.05, 0) is 18.8 Å². The second-order valence-corrected chi connectivity index (χ2v) is 6.97. The summed E-state index contributed by atoms with van der Waals surface area (Å²) >= 11 is 0. The van der Waals surface area contributed by atoms with Gasteiger partial charge in [0.2, 0.25) is 17.7 Å². The number of nitrogens with one attached hydrogen (secondary N) is 3. The largest absolute Gasteiger partial charge is 0.480 e. The molecular weight excluding hydrogens is 356 g/mol. The number of aliphatic carboxylic acids is 1. The number of carboxylic acids is 1. The van der Waals surface area contributed by atoms with Crippen LogP contribution in [0.25, 0.3) is 0 Å². The number of carbonyl (C=O) groups excluding carboxylic acids is 3. The summed E-state index contributed by atoms with van der Waals surface area (Å²) in [7, 11) is 0. The van der Waals surface area contributed by atoms with E-state index in [1.54, 1.807) is 20.8 Å². The number of hydrogen-bond acceptors (Lipinski definition) is 6. The van der Waals surface area contributed by atoms with Crippen molar-refractivity contribution in [3.8, 4) is 0 Å².